The number of morpholine rings is 1. The number of ether oxygens (including phenoxy) is 3. The predicted molar refractivity (Wildman–Crippen MR) is 230 cm³/mol. The quantitative estimate of drug-likeness (QED) is 0.175. The second-order valence-corrected chi connectivity index (χ2v) is 15.2. The molecule has 1 fully saturated rings. The lowest BCUT2D eigenvalue weighted by Crippen LogP contribution is -2.52. The molecular weight excluding hydrogens is 766 g/mol. The number of hydrogen-bond donors (Lipinski definition) is 1. The first-order valence-corrected chi connectivity index (χ1v) is 19.8. The number of aryl methyl sites for hydroxylation is 1. The van der Waals surface area contributed by atoms with Crippen molar-refractivity contribution < 1.29 is 28.9 Å². The van der Waals surface area contributed by atoms with E-state index in [4.69, 9.17) is 14.2 Å². The van der Waals surface area contributed by atoms with Crippen molar-refractivity contribution >= 4 is 52.0 Å². The SMILES string of the molecule is Cl.Cn1ccc2cc(N(C(=O)c3cc(-c4cc5c(cc4C(=O)N4Cc6ccccc6C[C@H]4CN4CCOCC4)OCCO5)n4ccccc34)c3ccc(O)cc3)ccc21. The minimum Gasteiger partial charge on any atom is -0.508 e. The van der Waals surface area contributed by atoms with Gasteiger partial charge in [0.05, 0.1) is 35.6 Å². The molecule has 3 aliphatic heterocycles. The maximum absolute atomic E-state index is 15.3. The van der Waals surface area contributed by atoms with E-state index in [9.17, 15) is 5.11 Å². The van der Waals surface area contributed by atoms with Crippen LogP contribution in [0.5, 0.6) is 17.2 Å². The Labute approximate surface area is 347 Å². The lowest BCUT2D eigenvalue weighted by Gasteiger charge is -2.40. The molecule has 1 atom stereocenters. The Balaban J connectivity index is 0.00000449. The highest BCUT2D eigenvalue weighted by atomic mass is 35.5. The number of amides is 2. The molecule has 0 spiro atoms. The van der Waals surface area contributed by atoms with Crippen molar-refractivity contribution in [3.63, 3.8) is 0 Å². The van der Waals surface area contributed by atoms with Gasteiger partial charge < -0.3 is 33.2 Å². The Hall–Kier alpha value is -6.27. The van der Waals surface area contributed by atoms with E-state index in [0.29, 0.717) is 83.7 Å². The number of carbonyl (C=O) groups is 2. The molecule has 0 bridgehead atoms. The summed E-state index contributed by atoms with van der Waals surface area (Å²) >= 11 is 0. The van der Waals surface area contributed by atoms with E-state index < -0.39 is 0 Å². The zero-order valence-electron chi connectivity index (χ0n) is 32.6. The molecule has 0 unspecified atom stereocenters. The third-order valence-electron chi connectivity index (χ3n) is 11.7. The Morgan fingerprint density at radius 3 is 2.27 bits per heavy atom. The normalized spacial score (nSPS) is 16.4. The van der Waals surface area contributed by atoms with Crippen molar-refractivity contribution in [1.82, 2.24) is 18.8 Å². The molecule has 0 aliphatic carbocycles. The molecule has 4 aromatic carbocycles. The molecule has 0 radical (unpaired) electrons. The maximum atomic E-state index is 15.3. The van der Waals surface area contributed by atoms with Crippen LogP contribution in [0.25, 0.3) is 27.7 Å². The average molecular weight is 810 g/mol. The van der Waals surface area contributed by atoms with Crippen LogP contribution in [0.1, 0.15) is 31.8 Å². The van der Waals surface area contributed by atoms with E-state index in [1.54, 1.807) is 29.2 Å². The summed E-state index contributed by atoms with van der Waals surface area (Å²) in [6.07, 6.45) is 4.66. The number of benzene rings is 4. The zero-order valence-corrected chi connectivity index (χ0v) is 33.4. The lowest BCUT2D eigenvalue weighted by atomic mass is 9.92. The molecule has 1 saturated heterocycles. The first-order valence-electron chi connectivity index (χ1n) is 19.8. The molecular formula is C47H44ClN5O6. The van der Waals surface area contributed by atoms with Crippen LogP contribution in [-0.4, -0.2) is 87.8 Å². The number of halogens is 1. The van der Waals surface area contributed by atoms with Gasteiger partial charge in [0.15, 0.2) is 11.5 Å². The number of hydrogen-bond acceptors (Lipinski definition) is 7. The van der Waals surface area contributed by atoms with Crippen molar-refractivity contribution in [3.05, 3.63) is 144 Å². The molecule has 7 aromatic rings. The molecule has 0 saturated carbocycles. The molecule has 59 heavy (non-hydrogen) atoms. The van der Waals surface area contributed by atoms with Crippen molar-refractivity contribution in [2.45, 2.75) is 19.0 Å². The fraction of sp³-hybridized carbons (Fsp3) is 0.234. The van der Waals surface area contributed by atoms with Gasteiger partial charge in [-0.3, -0.25) is 19.4 Å². The van der Waals surface area contributed by atoms with Crippen LogP contribution >= 0.6 is 12.4 Å². The van der Waals surface area contributed by atoms with Gasteiger partial charge in [-0.15, -0.1) is 12.4 Å². The van der Waals surface area contributed by atoms with Crippen LogP contribution in [-0.2, 0) is 24.8 Å². The Morgan fingerprint density at radius 1 is 0.746 bits per heavy atom. The fourth-order valence-electron chi connectivity index (χ4n) is 8.75. The minimum atomic E-state index is -0.264. The molecule has 11 nitrogen and oxygen atoms in total. The Kier molecular flexibility index (Phi) is 10.3. The van der Waals surface area contributed by atoms with E-state index in [1.807, 2.05) is 100 Å². The second kappa shape index (κ2) is 15.8. The van der Waals surface area contributed by atoms with Crippen molar-refractivity contribution in [1.29, 1.82) is 0 Å². The molecule has 12 heteroatoms. The monoisotopic (exact) mass is 809 g/mol. The van der Waals surface area contributed by atoms with Crippen LogP contribution in [0.3, 0.4) is 0 Å². The summed E-state index contributed by atoms with van der Waals surface area (Å²) < 4.78 is 21.9. The third-order valence-corrected chi connectivity index (χ3v) is 11.7. The van der Waals surface area contributed by atoms with E-state index in [0.717, 1.165) is 42.5 Å². The number of pyridine rings is 1. The van der Waals surface area contributed by atoms with Crippen LogP contribution < -0.4 is 14.4 Å². The summed E-state index contributed by atoms with van der Waals surface area (Å²) in [5, 5.41) is 11.2. The number of rotatable bonds is 7. The highest BCUT2D eigenvalue weighted by Crippen LogP contribution is 2.41. The zero-order chi connectivity index (χ0) is 39.3. The molecule has 2 amide bonds. The minimum absolute atomic E-state index is 0. The number of nitrogens with zero attached hydrogens (tertiary/aromatic N) is 5. The topological polar surface area (TPSA) is 101 Å². The number of aromatic nitrogens is 2. The number of phenols is 1. The molecule has 6 heterocycles. The molecule has 300 valence electrons. The molecule has 3 aliphatic rings. The van der Waals surface area contributed by atoms with Gasteiger partial charge in [0, 0.05) is 79.5 Å². The molecule has 1 N–H and O–H groups in total. The van der Waals surface area contributed by atoms with Gasteiger partial charge in [0.25, 0.3) is 11.8 Å². The summed E-state index contributed by atoms with van der Waals surface area (Å²) in [7, 11) is 1.99. The summed E-state index contributed by atoms with van der Waals surface area (Å²) in [5.74, 6) is 0.797. The Bertz CT molecular complexity index is 2700. The van der Waals surface area contributed by atoms with Gasteiger partial charge in [0.2, 0.25) is 0 Å². The van der Waals surface area contributed by atoms with Gasteiger partial charge >= 0.3 is 0 Å². The summed E-state index contributed by atoms with van der Waals surface area (Å²) in [6.45, 7) is 4.97. The van der Waals surface area contributed by atoms with E-state index in [1.165, 1.54) is 5.56 Å². The van der Waals surface area contributed by atoms with Gasteiger partial charge in [-0.2, -0.15) is 0 Å². The van der Waals surface area contributed by atoms with Crippen LogP contribution in [0.2, 0.25) is 0 Å². The van der Waals surface area contributed by atoms with E-state index >= 15 is 9.59 Å². The number of fused-ring (bicyclic) bond motifs is 4. The fourth-order valence-corrected chi connectivity index (χ4v) is 8.75. The van der Waals surface area contributed by atoms with Gasteiger partial charge in [-0.25, -0.2) is 0 Å². The largest absolute Gasteiger partial charge is 0.508 e. The standard InChI is InChI=1S/C47H43N5O6.ClH/c1-48-17-15-32-25-35(11-14-41(32)48)52(34-9-12-37(53)13-10-34)47(55)40-26-43(50-16-5-4-8-42(40)50)38-27-44-45(58-23-22-57-44)28-39(38)46(54)51-29-33-7-3-2-6-31(33)24-36(51)30-49-18-20-56-21-19-49;/h2-17,25-28,36,53H,18-24,29-30H2,1H3;1H/t36-;/m0./s1. The van der Waals surface area contributed by atoms with E-state index in [-0.39, 0.29) is 36.0 Å². The summed E-state index contributed by atoms with van der Waals surface area (Å²) in [5.41, 5.74) is 7.63. The number of aromatic hydroxyl groups is 1. The van der Waals surface area contributed by atoms with Crippen LogP contribution in [0.15, 0.2) is 122 Å². The van der Waals surface area contributed by atoms with Crippen molar-refractivity contribution in [2.75, 3.05) is 51.0 Å². The summed E-state index contributed by atoms with van der Waals surface area (Å²) in [6, 6.07) is 34.3. The maximum Gasteiger partial charge on any atom is 0.265 e. The van der Waals surface area contributed by atoms with Crippen LogP contribution in [0.4, 0.5) is 11.4 Å². The second-order valence-electron chi connectivity index (χ2n) is 15.2. The van der Waals surface area contributed by atoms with Crippen LogP contribution in [0, 0.1) is 0 Å². The molecule has 10 rings (SSSR count). The van der Waals surface area contributed by atoms with Gasteiger partial charge in [0.1, 0.15) is 19.0 Å². The predicted octanol–water partition coefficient (Wildman–Crippen LogP) is 7.87. The smallest absolute Gasteiger partial charge is 0.265 e. The average Bonchev–Trinajstić information content (AvgIpc) is 3.84. The van der Waals surface area contributed by atoms with Crippen molar-refractivity contribution in [3.8, 4) is 28.5 Å². The highest BCUT2D eigenvalue weighted by Gasteiger charge is 2.35. The first-order chi connectivity index (χ1) is 28.4. The van der Waals surface area contributed by atoms with E-state index in [2.05, 4.69) is 23.1 Å². The highest BCUT2D eigenvalue weighted by molar-refractivity contribution is 6.16. The lowest BCUT2D eigenvalue weighted by molar-refractivity contribution is 0.0193. The Morgan fingerprint density at radius 2 is 1.47 bits per heavy atom. The number of carbonyl (C=O) groups excluding carboxylic acids is 2. The van der Waals surface area contributed by atoms with Crippen molar-refractivity contribution in [2.24, 2.45) is 7.05 Å². The number of anilines is 2. The summed E-state index contributed by atoms with van der Waals surface area (Å²) in [4.78, 5) is 36.6. The first kappa shape index (κ1) is 38.3. The van der Waals surface area contributed by atoms with Gasteiger partial charge in [-0.1, -0.05) is 30.3 Å². The number of phenolic OH excluding ortho intramolecular Hbond substituents is 1. The molecule has 3 aromatic heterocycles. The van der Waals surface area contributed by atoms with Gasteiger partial charge in [-0.05, 0) is 96.4 Å². The third kappa shape index (κ3) is 7.05.